The highest BCUT2D eigenvalue weighted by Crippen LogP contribution is 2.44. The third kappa shape index (κ3) is 5.83. The Morgan fingerprint density at radius 2 is 1.73 bits per heavy atom. The number of anilines is 1. The van der Waals surface area contributed by atoms with Crippen LogP contribution in [-0.4, -0.2) is 34.1 Å². The number of ether oxygens (including phenoxy) is 1. The number of aliphatic hydroxyl groups excluding tert-OH is 1. The van der Waals surface area contributed by atoms with Crippen LogP contribution in [0.15, 0.2) is 94.8 Å². The maximum Gasteiger partial charge on any atom is 0.301 e. The lowest BCUT2D eigenvalue weighted by atomic mass is 9.85. The van der Waals surface area contributed by atoms with Crippen LogP contribution in [0, 0.1) is 5.82 Å². The predicted octanol–water partition coefficient (Wildman–Crippen LogP) is 8.06. The van der Waals surface area contributed by atoms with Gasteiger partial charge in [0.25, 0.3) is 5.78 Å². The molecule has 1 N–H and O–H groups in total. The fourth-order valence-electron chi connectivity index (χ4n) is 5.40. The lowest BCUT2D eigenvalue weighted by Gasteiger charge is -2.24. The number of aromatic nitrogens is 2. The monoisotopic (exact) mass is 639 g/mol. The Balaban J connectivity index is 1.39. The summed E-state index contributed by atoms with van der Waals surface area (Å²) >= 11 is 2.68. The minimum absolute atomic E-state index is 0.0105. The van der Waals surface area contributed by atoms with Crippen LogP contribution in [0.1, 0.15) is 49.1 Å². The average molecular weight is 640 g/mol. The number of thioether (sulfide) groups is 1. The second-order valence-corrected chi connectivity index (χ2v) is 13.8. The zero-order chi connectivity index (χ0) is 31.9. The summed E-state index contributed by atoms with van der Waals surface area (Å²) in [7, 11) is 1.33. The summed E-state index contributed by atoms with van der Waals surface area (Å²) in [4.78, 5) is 28.5. The van der Waals surface area contributed by atoms with Crippen molar-refractivity contribution in [2.75, 3.05) is 12.0 Å². The number of hydrogen-bond donors (Lipinski definition) is 1. The molecule has 1 aliphatic heterocycles. The van der Waals surface area contributed by atoms with Gasteiger partial charge in [-0.3, -0.25) is 14.5 Å². The van der Waals surface area contributed by atoms with Gasteiger partial charge >= 0.3 is 5.91 Å². The molecule has 5 aromatic rings. The fraction of sp³-hybridized carbons (Fsp3) is 0.200. The molecule has 228 valence electrons. The Morgan fingerprint density at radius 3 is 2.44 bits per heavy atom. The second kappa shape index (κ2) is 12.1. The van der Waals surface area contributed by atoms with Gasteiger partial charge in [0.2, 0.25) is 5.13 Å². The first-order valence-corrected chi connectivity index (χ1v) is 16.1. The largest absolute Gasteiger partial charge is 0.507 e. The van der Waals surface area contributed by atoms with Crippen molar-refractivity contribution >= 4 is 56.5 Å². The van der Waals surface area contributed by atoms with E-state index in [0.717, 1.165) is 28.0 Å². The first-order valence-electron chi connectivity index (χ1n) is 14.2. The number of ketones is 1. The van der Waals surface area contributed by atoms with Crippen LogP contribution in [0.2, 0.25) is 0 Å². The number of hydrogen-bond acceptors (Lipinski definition) is 8. The molecule has 1 fully saturated rings. The van der Waals surface area contributed by atoms with E-state index in [1.165, 1.54) is 47.2 Å². The van der Waals surface area contributed by atoms with Gasteiger partial charge in [-0.05, 0) is 51.1 Å². The van der Waals surface area contributed by atoms with E-state index < -0.39 is 29.3 Å². The highest BCUT2D eigenvalue weighted by atomic mass is 32.2. The molecule has 10 heteroatoms. The van der Waals surface area contributed by atoms with Crippen molar-refractivity contribution in [2.45, 2.75) is 42.3 Å². The van der Waals surface area contributed by atoms with Gasteiger partial charge in [0.15, 0.2) is 15.9 Å². The minimum Gasteiger partial charge on any atom is -0.507 e. The second-order valence-electron chi connectivity index (χ2n) is 11.7. The van der Waals surface area contributed by atoms with Gasteiger partial charge in [0.05, 0.1) is 18.7 Å². The molecule has 2 heterocycles. The Bertz CT molecular complexity index is 1960. The highest BCUT2D eigenvalue weighted by molar-refractivity contribution is 8.00. The van der Waals surface area contributed by atoms with E-state index in [-0.39, 0.29) is 27.4 Å². The summed E-state index contributed by atoms with van der Waals surface area (Å²) < 4.78 is 20.3. The number of rotatable bonds is 7. The Morgan fingerprint density at radius 1 is 1.00 bits per heavy atom. The van der Waals surface area contributed by atoms with E-state index in [0.29, 0.717) is 15.7 Å². The molecule has 1 amide bonds. The Kier molecular flexibility index (Phi) is 8.20. The maximum absolute atomic E-state index is 14.6. The predicted molar refractivity (Wildman–Crippen MR) is 176 cm³/mol. The van der Waals surface area contributed by atoms with Crippen molar-refractivity contribution in [1.82, 2.24) is 10.2 Å². The molecule has 45 heavy (non-hydrogen) atoms. The smallest absolute Gasteiger partial charge is 0.301 e. The number of carbonyl (C=O) groups excluding carboxylic acids is 2. The zero-order valence-electron chi connectivity index (χ0n) is 25.1. The number of benzene rings is 4. The third-order valence-corrected chi connectivity index (χ3v) is 9.90. The maximum atomic E-state index is 14.6. The molecule has 7 nitrogen and oxygen atoms in total. The van der Waals surface area contributed by atoms with E-state index in [2.05, 4.69) is 55.2 Å². The molecule has 0 saturated carbocycles. The molecule has 1 aliphatic rings. The number of aliphatic hydroxyl groups is 1. The number of methoxy groups -OCH3 is 1. The van der Waals surface area contributed by atoms with E-state index >= 15 is 0 Å². The Hall–Kier alpha value is -4.54. The normalized spacial score (nSPS) is 16.5. The van der Waals surface area contributed by atoms with E-state index in [4.69, 9.17) is 4.74 Å². The van der Waals surface area contributed by atoms with Crippen molar-refractivity contribution < 1.29 is 23.8 Å². The van der Waals surface area contributed by atoms with Gasteiger partial charge in [-0.25, -0.2) is 4.39 Å². The number of amides is 1. The molecule has 1 atom stereocenters. The van der Waals surface area contributed by atoms with Crippen molar-refractivity contribution in [3.63, 3.8) is 0 Å². The molecule has 1 unspecified atom stereocenters. The Labute approximate surface area is 268 Å². The molecule has 0 spiro atoms. The van der Waals surface area contributed by atoms with Gasteiger partial charge in [0, 0.05) is 11.3 Å². The first-order chi connectivity index (χ1) is 21.6. The van der Waals surface area contributed by atoms with Crippen molar-refractivity contribution in [1.29, 1.82) is 0 Å². The topological polar surface area (TPSA) is 92.6 Å². The fourth-order valence-corrected chi connectivity index (χ4v) is 7.27. The summed E-state index contributed by atoms with van der Waals surface area (Å²) in [6, 6.07) is 24.7. The quantitative estimate of drug-likeness (QED) is 0.0633. The van der Waals surface area contributed by atoms with Crippen LogP contribution >= 0.6 is 23.1 Å². The van der Waals surface area contributed by atoms with Crippen LogP contribution in [0.3, 0.4) is 0 Å². The molecule has 1 aromatic heterocycles. The van der Waals surface area contributed by atoms with E-state index in [9.17, 15) is 19.1 Å². The third-order valence-electron chi connectivity index (χ3n) is 7.80. The van der Waals surface area contributed by atoms with Gasteiger partial charge < -0.3 is 9.84 Å². The molecule has 0 radical (unpaired) electrons. The first kappa shape index (κ1) is 30.5. The lowest BCUT2D eigenvalue weighted by molar-refractivity contribution is -0.132. The van der Waals surface area contributed by atoms with Gasteiger partial charge in [-0.2, -0.15) is 0 Å². The molecular weight excluding hydrogens is 610 g/mol. The number of fused-ring (bicyclic) bond motifs is 1. The lowest BCUT2D eigenvalue weighted by Crippen LogP contribution is -2.29. The number of halogens is 1. The molecule has 6 rings (SSSR count). The average Bonchev–Trinajstić information content (AvgIpc) is 3.60. The highest BCUT2D eigenvalue weighted by Gasteiger charge is 2.48. The standard InChI is InChI=1S/C35H30FN3O4S2/c1-35(2,3)24-15-12-21(13-16-24)29-28(30(40)22-14-17-27(43-4)26(36)18-22)31(41)32(42)39(29)33-37-38-34(45-33)44-19-23-10-7-9-20-8-5-6-11-25(20)23/h5-18,29,40H,19H2,1-4H3. The van der Waals surface area contributed by atoms with Gasteiger partial charge in [-0.15, -0.1) is 10.2 Å². The van der Waals surface area contributed by atoms with Crippen molar-refractivity contribution in [3.8, 4) is 5.75 Å². The summed E-state index contributed by atoms with van der Waals surface area (Å²) in [5.41, 5.74) is 2.55. The molecule has 0 aliphatic carbocycles. The van der Waals surface area contributed by atoms with Crippen LogP contribution < -0.4 is 9.64 Å². The summed E-state index contributed by atoms with van der Waals surface area (Å²) in [6.45, 7) is 6.26. The van der Waals surface area contributed by atoms with Gasteiger partial charge in [0.1, 0.15) is 5.76 Å². The SMILES string of the molecule is COc1ccc(C(O)=C2C(=O)C(=O)N(c3nnc(SCc4cccc5ccccc45)s3)C2c2ccc(C(C)(C)C)cc2)cc1F. The van der Waals surface area contributed by atoms with Crippen LogP contribution in [-0.2, 0) is 20.8 Å². The summed E-state index contributed by atoms with van der Waals surface area (Å²) in [5, 5.41) is 22.6. The van der Waals surface area contributed by atoms with Crippen LogP contribution in [0.4, 0.5) is 9.52 Å². The van der Waals surface area contributed by atoms with Crippen LogP contribution in [0.25, 0.3) is 16.5 Å². The van der Waals surface area contributed by atoms with Gasteiger partial charge in [-0.1, -0.05) is 111 Å². The molecular formula is C35H30FN3O4S2. The van der Waals surface area contributed by atoms with Crippen LogP contribution in [0.5, 0.6) is 5.75 Å². The summed E-state index contributed by atoms with van der Waals surface area (Å²) in [5.74, 6) is -2.32. The minimum atomic E-state index is -1.01. The van der Waals surface area contributed by atoms with E-state index in [1.807, 2.05) is 42.5 Å². The molecule has 0 bridgehead atoms. The summed E-state index contributed by atoms with van der Waals surface area (Å²) in [6.07, 6.45) is 0. The zero-order valence-corrected chi connectivity index (χ0v) is 26.7. The van der Waals surface area contributed by atoms with Crippen molar-refractivity contribution in [3.05, 3.63) is 119 Å². The number of carbonyl (C=O) groups is 2. The number of nitrogens with zero attached hydrogens (tertiary/aromatic N) is 3. The number of Topliss-reactive ketones (excluding diaryl/α,β-unsaturated/α-hetero) is 1. The molecule has 4 aromatic carbocycles. The van der Waals surface area contributed by atoms with Crippen molar-refractivity contribution in [2.24, 2.45) is 0 Å². The molecule has 1 saturated heterocycles. The van der Waals surface area contributed by atoms with E-state index in [1.54, 1.807) is 0 Å².